The Morgan fingerprint density at radius 2 is 2.24 bits per heavy atom. The first-order valence-electron chi connectivity index (χ1n) is 10.3. The first kappa shape index (κ1) is 23.3. The summed E-state index contributed by atoms with van der Waals surface area (Å²) in [5.41, 5.74) is 0.463. The fourth-order valence-corrected chi connectivity index (χ4v) is 4.19. The van der Waals surface area contributed by atoms with Crippen LogP contribution >= 0.6 is 11.8 Å². The van der Waals surface area contributed by atoms with Gasteiger partial charge in [0.2, 0.25) is 0 Å². The van der Waals surface area contributed by atoms with Crippen LogP contribution in [0.25, 0.3) is 0 Å². The smallest absolute Gasteiger partial charge is 0.410 e. The molecule has 1 fully saturated rings. The van der Waals surface area contributed by atoms with Crippen LogP contribution in [0.3, 0.4) is 0 Å². The molecule has 0 spiro atoms. The molecule has 1 saturated heterocycles. The van der Waals surface area contributed by atoms with E-state index in [9.17, 15) is 4.79 Å². The number of carbonyl (C=O) groups is 1. The molecule has 1 unspecified atom stereocenters. The van der Waals surface area contributed by atoms with Gasteiger partial charge < -0.3 is 20.3 Å². The first-order valence-corrected chi connectivity index (χ1v) is 11.3. The van der Waals surface area contributed by atoms with Crippen molar-refractivity contribution in [1.82, 2.24) is 20.5 Å². The number of guanidine groups is 1. The van der Waals surface area contributed by atoms with Crippen LogP contribution in [-0.2, 0) is 11.3 Å². The van der Waals surface area contributed by atoms with Gasteiger partial charge in [-0.3, -0.25) is 9.98 Å². The van der Waals surface area contributed by atoms with Crippen molar-refractivity contribution in [3.63, 3.8) is 0 Å². The molecule has 0 radical (unpaired) electrons. The van der Waals surface area contributed by atoms with Gasteiger partial charge in [-0.15, -0.1) is 0 Å². The summed E-state index contributed by atoms with van der Waals surface area (Å²) in [5.74, 6) is 2.07. The van der Waals surface area contributed by atoms with Crippen LogP contribution in [0.2, 0.25) is 0 Å². The number of rotatable bonds is 8. The van der Waals surface area contributed by atoms with Gasteiger partial charge in [-0.1, -0.05) is 6.07 Å². The predicted molar refractivity (Wildman–Crippen MR) is 120 cm³/mol. The second-order valence-corrected chi connectivity index (χ2v) is 9.54. The number of aliphatic imine (C=N–C) groups is 1. The summed E-state index contributed by atoms with van der Waals surface area (Å²) >= 11 is 2.03. The summed E-state index contributed by atoms with van der Waals surface area (Å²) in [6.45, 7) is 8.38. The maximum atomic E-state index is 12.6. The van der Waals surface area contributed by atoms with Crippen LogP contribution in [0.1, 0.15) is 45.6 Å². The third-order valence-corrected chi connectivity index (χ3v) is 5.79. The van der Waals surface area contributed by atoms with Crippen LogP contribution in [0.5, 0.6) is 0 Å². The number of nitrogens with zero attached hydrogens (tertiary/aromatic N) is 3. The maximum Gasteiger partial charge on any atom is 0.410 e. The number of aromatic nitrogens is 1. The summed E-state index contributed by atoms with van der Waals surface area (Å²) in [4.78, 5) is 22.8. The highest BCUT2D eigenvalue weighted by Gasteiger charge is 2.22. The maximum absolute atomic E-state index is 12.6. The van der Waals surface area contributed by atoms with E-state index >= 15 is 0 Å². The summed E-state index contributed by atoms with van der Waals surface area (Å²) in [7, 11) is 1.78. The molecule has 1 aromatic rings. The van der Waals surface area contributed by atoms with Crippen LogP contribution in [0, 0.1) is 0 Å². The van der Waals surface area contributed by atoms with Crippen molar-refractivity contribution in [2.45, 2.75) is 57.4 Å². The Kier molecular flexibility index (Phi) is 9.57. The van der Waals surface area contributed by atoms with Crippen LogP contribution in [0.15, 0.2) is 29.5 Å². The van der Waals surface area contributed by atoms with Gasteiger partial charge in [0, 0.05) is 44.3 Å². The Balaban J connectivity index is 1.80. The van der Waals surface area contributed by atoms with Gasteiger partial charge in [0.15, 0.2) is 5.96 Å². The molecule has 0 aromatic carbocycles. The van der Waals surface area contributed by atoms with Gasteiger partial charge in [-0.2, -0.15) is 11.8 Å². The van der Waals surface area contributed by atoms with E-state index < -0.39 is 5.60 Å². The Labute approximate surface area is 179 Å². The van der Waals surface area contributed by atoms with E-state index in [1.807, 2.05) is 44.7 Å². The number of hydrogen-bond acceptors (Lipinski definition) is 5. The molecule has 0 saturated carbocycles. The minimum Gasteiger partial charge on any atom is -0.444 e. The molecule has 8 heteroatoms. The molecule has 1 amide bonds. The minimum absolute atomic E-state index is 0.304. The monoisotopic (exact) mass is 421 g/mol. The molecule has 2 N–H and O–H groups in total. The average Bonchev–Trinajstić information content (AvgIpc) is 3.19. The van der Waals surface area contributed by atoms with Gasteiger partial charge in [0.05, 0.1) is 6.54 Å². The van der Waals surface area contributed by atoms with Gasteiger partial charge in [-0.05, 0) is 57.4 Å². The molecule has 0 aliphatic carbocycles. The molecule has 162 valence electrons. The highest BCUT2D eigenvalue weighted by Crippen LogP contribution is 2.25. The topological polar surface area (TPSA) is 78.9 Å². The second-order valence-electron chi connectivity index (χ2n) is 8.13. The molecule has 1 aromatic heterocycles. The number of hydrogen-bond donors (Lipinski definition) is 2. The summed E-state index contributed by atoms with van der Waals surface area (Å²) < 4.78 is 5.57. The van der Waals surface area contributed by atoms with Crippen molar-refractivity contribution in [3.8, 4) is 0 Å². The third-order valence-electron chi connectivity index (χ3n) is 4.39. The van der Waals surface area contributed by atoms with Crippen LogP contribution in [-0.4, -0.2) is 65.2 Å². The van der Waals surface area contributed by atoms with E-state index in [1.165, 1.54) is 18.6 Å². The molecule has 1 aliphatic heterocycles. The standard InChI is InChI=1S/C21H35N5O2S/c1-21(2,3)28-20(27)26(16-17-8-5-10-23-14-17)12-7-11-24-19(22-4)25-15-18-9-6-13-29-18/h5,8,10,14,18H,6-7,9,11-13,15-16H2,1-4H3,(H2,22,24,25). The lowest BCUT2D eigenvalue weighted by molar-refractivity contribution is 0.0232. The number of carbonyl (C=O) groups excluding carboxylic acids is 1. The Morgan fingerprint density at radius 3 is 2.86 bits per heavy atom. The Bertz CT molecular complexity index is 642. The number of thioether (sulfide) groups is 1. The molecule has 29 heavy (non-hydrogen) atoms. The Morgan fingerprint density at radius 1 is 1.41 bits per heavy atom. The van der Waals surface area contributed by atoms with Crippen LogP contribution < -0.4 is 10.6 Å². The van der Waals surface area contributed by atoms with Crippen molar-refractivity contribution < 1.29 is 9.53 Å². The summed E-state index contributed by atoms with van der Waals surface area (Å²) in [5, 5.41) is 7.41. The zero-order chi connectivity index (χ0) is 21.1. The second kappa shape index (κ2) is 11.9. The number of ether oxygens (including phenoxy) is 1. The van der Waals surface area contributed by atoms with E-state index in [1.54, 1.807) is 24.3 Å². The van der Waals surface area contributed by atoms with Crippen molar-refractivity contribution in [2.24, 2.45) is 4.99 Å². The molecule has 0 bridgehead atoms. The summed E-state index contributed by atoms with van der Waals surface area (Å²) in [6.07, 6.45) is 6.57. The lowest BCUT2D eigenvalue weighted by Crippen LogP contribution is -2.42. The van der Waals surface area contributed by atoms with Crippen molar-refractivity contribution in [2.75, 3.05) is 32.4 Å². The summed E-state index contributed by atoms with van der Waals surface area (Å²) in [6, 6.07) is 3.85. The third kappa shape index (κ3) is 9.39. The molecular weight excluding hydrogens is 386 g/mol. The van der Waals surface area contributed by atoms with Gasteiger partial charge in [0.25, 0.3) is 0 Å². The average molecular weight is 422 g/mol. The minimum atomic E-state index is -0.521. The van der Waals surface area contributed by atoms with Crippen molar-refractivity contribution in [3.05, 3.63) is 30.1 Å². The molecule has 2 heterocycles. The molecular formula is C21H35N5O2S. The number of amides is 1. The molecule has 2 rings (SSSR count). The fourth-order valence-electron chi connectivity index (χ4n) is 2.99. The van der Waals surface area contributed by atoms with E-state index in [-0.39, 0.29) is 6.09 Å². The first-order chi connectivity index (χ1) is 13.9. The van der Waals surface area contributed by atoms with Crippen LogP contribution in [0.4, 0.5) is 4.79 Å². The normalized spacial score (nSPS) is 17.1. The highest BCUT2D eigenvalue weighted by molar-refractivity contribution is 8.00. The Hall–Kier alpha value is -1.96. The van der Waals surface area contributed by atoms with Gasteiger partial charge in [0.1, 0.15) is 5.60 Å². The SMILES string of the molecule is CN=C(NCCCN(Cc1cccnc1)C(=O)OC(C)(C)C)NCC1CCCS1. The van der Waals surface area contributed by atoms with E-state index in [2.05, 4.69) is 20.6 Å². The molecule has 1 atom stereocenters. The van der Waals surface area contributed by atoms with Gasteiger partial charge in [-0.25, -0.2) is 4.79 Å². The molecule has 7 nitrogen and oxygen atoms in total. The fraction of sp³-hybridized carbons (Fsp3) is 0.667. The highest BCUT2D eigenvalue weighted by atomic mass is 32.2. The van der Waals surface area contributed by atoms with Gasteiger partial charge >= 0.3 is 6.09 Å². The zero-order valence-electron chi connectivity index (χ0n) is 18.1. The number of nitrogens with one attached hydrogen (secondary N) is 2. The largest absolute Gasteiger partial charge is 0.444 e. The van der Waals surface area contributed by atoms with Crippen molar-refractivity contribution in [1.29, 1.82) is 0 Å². The lowest BCUT2D eigenvalue weighted by Gasteiger charge is -2.27. The quantitative estimate of drug-likeness (QED) is 0.381. The van der Waals surface area contributed by atoms with Crippen molar-refractivity contribution >= 4 is 23.8 Å². The molecule has 1 aliphatic rings. The zero-order valence-corrected chi connectivity index (χ0v) is 18.9. The van der Waals surface area contributed by atoms with E-state index in [0.717, 1.165) is 31.0 Å². The number of pyridine rings is 1. The van der Waals surface area contributed by atoms with E-state index in [4.69, 9.17) is 4.74 Å². The predicted octanol–water partition coefficient (Wildman–Crippen LogP) is 3.27. The lowest BCUT2D eigenvalue weighted by atomic mass is 10.2. The van der Waals surface area contributed by atoms with E-state index in [0.29, 0.717) is 18.3 Å².